The van der Waals surface area contributed by atoms with Crippen molar-refractivity contribution < 1.29 is 15.0 Å². The van der Waals surface area contributed by atoms with E-state index >= 15 is 0 Å². The average Bonchev–Trinajstić information content (AvgIpc) is 2.46. The Labute approximate surface area is 124 Å². The highest BCUT2D eigenvalue weighted by Gasteiger charge is 2.12. The second kappa shape index (κ2) is 9.80. The third-order valence-electron chi connectivity index (χ3n) is 3.05. The first-order valence-electron chi connectivity index (χ1n) is 6.86. The fourth-order valence-electron chi connectivity index (χ4n) is 1.71. The van der Waals surface area contributed by atoms with Crippen LogP contribution in [0, 0.1) is 0 Å². The summed E-state index contributed by atoms with van der Waals surface area (Å²) in [5, 5.41) is 20.9. The van der Waals surface area contributed by atoms with E-state index in [2.05, 4.69) is 5.32 Å². The van der Waals surface area contributed by atoms with Gasteiger partial charge in [-0.05, 0) is 30.2 Å². The largest absolute Gasteiger partial charge is 0.481 e. The molecule has 5 heteroatoms. The summed E-state index contributed by atoms with van der Waals surface area (Å²) in [5.41, 5.74) is 1.99. The smallest absolute Gasteiger partial charge is 0.310 e. The predicted molar refractivity (Wildman–Crippen MR) is 83.2 cm³/mol. The molecule has 0 aliphatic rings. The normalized spacial score (nSPS) is 12.3. The van der Waals surface area contributed by atoms with Crippen molar-refractivity contribution in [1.29, 1.82) is 0 Å². The first-order valence-corrected chi connectivity index (χ1v) is 8.01. The van der Waals surface area contributed by atoms with Gasteiger partial charge in [0.2, 0.25) is 0 Å². The van der Waals surface area contributed by atoms with Crippen LogP contribution in [-0.4, -0.2) is 40.8 Å². The van der Waals surface area contributed by atoms with Gasteiger partial charge in [-0.15, -0.1) is 0 Å². The average molecular weight is 297 g/mol. The summed E-state index contributed by atoms with van der Waals surface area (Å²) in [6, 6.07) is 7.71. The van der Waals surface area contributed by atoms with Crippen LogP contribution < -0.4 is 5.32 Å². The zero-order valence-electron chi connectivity index (χ0n) is 11.8. The van der Waals surface area contributed by atoms with Crippen LogP contribution in [0.4, 0.5) is 0 Å². The standard InChI is InChI=1S/C15H23NO3S/c1-12(15(18)19)14-5-3-13(4-6-14)11-16-7-10-20-9-2-8-17/h3-6,12,16-17H,2,7-11H2,1H3,(H,18,19). The Bertz CT molecular complexity index is 395. The van der Waals surface area contributed by atoms with Crippen LogP contribution in [0.1, 0.15) is 30.4 Å². The van der Waals surface area contributed by atoms with Gasteiger partial charge in [-0.1, -0.05) is 24.3 Å². The van der Waals surface area contributed by atoms with Crippen molar-refractivity contribution in [3.05, 3.63) is 35.4 Å². The summed E-state index contributed by atoms with van der Waals surface area (Å²) in [6.45, 7) is 3.69. The zero-order chi connectivity index (χ0) is 14.8. The van der Waals surface area contributed by atoms with Gasteiger partial charge < -0.3 is 15.5 Å². The number of carboxylic acids is 1. The molecule has 0 amide bonds. The van der Waals surface area contributed by atoms with Crippen molar-refractivity contribution in [1.82, 2.24) is 5.32 Å². The van der Waals surface area contributed by atoms with Crippen LogP contribution in [0.5, 0.6) is 0 Å². The third-order valence-corrected chi connectivity index (χ3v) is 4.12. The highest BCUT2D eigenvalue weighted by atomic mass is 32.2. The molecule has 1 unspecified atom stereocenters. The molecule has 0 aliphatic heterocycles. The minimum absolute atomic E-state index is 0.265. The summed E-state index contributed by atoms with van der Waals surface area (Å²) >= 11 is 1.83. The fourth-order valence-corrected chi connectivity index (χ4v) is 2.54. The van der Waals surface area contributed by atoms with Crippen molar-refractivity contribution in [2.45, 2.75) is 25.8 Å². The Morgan fingerprint density at radius 1 is 1.30 bits per heavy atom. The van der Waals surface area contributed by atoms with Gasteiger partial charge in [0.15, 0.2) is 0 Å². The highest BCUT2D eigenvalue weighted by molar-refractivity contribution is 7.99. The molecule has 0 radical (unpaired) electrons. The van der Waals surface area contributed by atoms with Crippen LogP contribution in [0.25, 0.3) is 0 Å². The topological polar surface area (TPSA) is 69.6 Å². The Hall–Kier alpha value is -1.04. The van der Waals surface area contributed by atoms with Gasteiger partial charge in [-0.2, -0.15) is 11.8 Å². The molecule has 0 bridgehead atoms. The predicted octanol–water partition coefficient (Wildman–Crippen LogP) is 2.08. The molecule has 1 aromatic carbocycles. The summed E-state index contributed by atoms with van der Waals surface area (Å²) in [5.74, 6) is 0.782. The maximum absolute atomic E-state index is 10.9. The number of aliphatic carboxylic acids is 1. The molecule has 0 heterocycles. The van der Waals surface area contributed by atoms with Gasteiger partial charge in [0.1, 0.15) is 0 Å². The van der Waals surface area contributed by atoms with E-state index in [1.165, 1.54) is 0 Å². The van der Waals surface area contributed by atoms with E-state index < -0.39 is 11.9 Å². The summed E-state index contributed by atoms with van der Waals surface area (Å²) in [4.78, 5) is 10.9. The summed E-state index contributed by atoms with van der Waals surface area (Å²) in [7, 11) is 0. The molecule has 1 aromatic rings. The number of benzene rings is 1. The number of hydrogen-bond acceptors (Lipinski definition) is 4. The number of thioether (sulfide) groups is 1. The van der Waals surface area contributed by atoms with E-state index in [0.29, 0.717) is 0 Å². The lowest BCUT2D eigenvalue weighted by molar-refractivity contribution is -0.138. The SMILES string of the molecule is CC(C(=O)O)c1ccc(CNCCSCCCO)cc1. The van der Waals surface area contributed by atoms with Crippen LogP contribution >= 0.6 is 11.8 Å². The number of carbonyl (C=O) groups is 1. The Balaban J connectivity index is 2.23. The van der Waals surface area contributed by atoms with Gasteiger partial charge >= 0.3 is 5.97 Å². The van der Waals surface area contributed by atoms with Gasteiger partial charge in [0.25, 0.3) is 0 Å². The monoisotopic (exact) mass is 297 g/mol. The fraction of sp³-hybridized carbons (Fsp3) is 0.533. The molecular weight excluding hydrogens is 274 g/mol. The minimum Gasteiger partial charge on any atom is -0.481 e. The molecule has 4 nitrogen and oxygen atoms in total. The first kappa shape index (κ1) is 17.0. The molecule has 0 spiro atoms. The third kappa shape index (κ3) is 6.41. The molecule has 3 N–H and O–H groups in total. The molecule has 1 atom stereocenters. The van der Waals surface area contributed by atoms with Crippen molar-refractivity contribution >= 4 is 17.7 Å². The summed E-state index contributed by atoms with van der Waals surface area (Å²) in [6.07, 6.45) is 0.855. The lowest BCUT2D eigenvalue weighted by Gasteiger charge is -2.08. The number of aliphatic hydroxyl groups excluding tert-OH is 1. The molecule has 0 saturated carbocycles. The molecule has 1 rings (SSSR count). The van der Waals surface area contributed by atoms with Gasteiger partial charge in [0, 0.05) is 25.4 Å². The Morgan fingerprint density at radius 2 is 2.00 bits per heavy atom. The summed E-state index contributed by atoms with van der Waals surface area (Å²) < 4.78 is 0. The number of aliphatic hydroxyl groups is 1. The van der Waals surface area contributed by atoms with E-state index in [4.69, 9.17) is 10.2 Å². The van der Waals surface area contributed by atoms with E-state index in [1.54, 1.807) is 6.92 Å². The lowest BCUT2D eigenvalue weighted by atomic mass is 10.0. The number of rotatable bonds is 10. The van der Waals surface area contributed by atoms with Gasteiger partial charge in [0.05, 0.1) is 5.92 Å². The van der Waals surface area contributed by atoms with Crippen LogP contribution in [0.3, 0.4) is 0 Å². The van der Waals surface area contributed by atoms with Crippen LogP contribution in [0.2, 0.25) is 0 Å². The Morgan fingerprint density at radius 3 is 2.60 bits per heavy atom. The number of hydrogen-bond donors (Lipinski definition) is 3. The molecule has 112 valence electrons. The van der Waals surface area contributed by atoms with E-state index in [1.807, 2.05) is 36.0 Å². The zero-order valence-corrected chi connectivity index (χ0v) is 12.7. The van der Waals surface area contributed by atoms with Crippen LogP contribution in [0.15, 0.2) is 24.3 Å². The highest BCUT2D eigenvalue weighted by Crippen LogP contribution is 2.15. The molecule has 20 heavy (non-hydrogen) atoms. The molecule has 0 fully saturated rings. The molecular formula is C15H23NO3S. The van der Waals surface area contributed by atoms with Crippen molar-refractivity contribution in [2.75, 3.05) is 24.7 Å². The second-order valence-electron chi connectivity index (χ2n) is 4.67. The number of carboxylic acid groups (broad SMARTS) is 1. The first-order chi connectivity index (χ1) is 9.65. The van der Waals surface area contributed by atoms with Crippen LogP contribution in [-0.2, 0) is 11.3 Å². The van der Waals surface area contributed by atoms with Crippen molar-refractivity contribution in [3.63, 3.8) is 0 Å². The maximum Gasteiger partial charge on any atom is 0.310 e. The quantitative estimate of drug-likeness (QED) is 0.577. The molecule has 0 aromatic heterocycles. The van der Waals surface area contributed by atoms with Crippen molar-refractivity contribution in [2.24, 2.45) is 0 Å². The molecule has 0 aliphatic carbocycles. The number of nitrogens with one attached hydrogen (secondary N) is 1. The Kier molecular flexibility index (Phi) is 8.34. The lowest BCUT2D eigenvalue weighted by Crippen LogP contribution is -2.17. The molecule has 0 saturated heterocycles. The van der Waals surface area contributed by atoms with E-state index in [-0.39, 0.29) is 6.61 Å². The maximum atomic E-state index is 10.9. The van der Waals surface area contributed by atoms with Gasteiger partial charge in [-0.25, -0.2) is 0 Å². The van der Waals surface area contributed by atoms with E-state index in [0.717, 1.165) is 42.1 Å². The van der Waals surface area contributed by atoms with E-state index in [9.17, 15) is 4.79 Å². The van der Waals surface area contributed by atoms with Crippen molar-refractivity contribution in [3.8, 4) is 0 Å². The second-order valence-corrected chi connectivity index (χ2v) is 5.89. The minimum atomic E-state index is -0.796. The van der Waals surface area contributed by atoms with Gasteiger partial charge in [-0.3, -0.25) is 4.79 Å².